The minimum atomic E-state index is -1.18. The molecule has 0 saturated heterocycles. The van der Waals surface area contributed by atoms with Crippen LogP contribution in [-0.2, 0) is 20.8 Å². The van der Waals surface area contributed by atoms with Gasteiger partial charge in [0.1, 0.15) is 6.04 Å². The maximum atomic E-state index is 11.8. The molecule has 3 N–H and O–H groups in total. The lowest BCUT2D eigenvalue weighted by atomic mass is 10.1. The lowest BCUT2D eigenvalue weighted by Crippen LogP contribution is -2.41. The van der Waals surface area contributed by atoms with Crippen molar-refractivity contribution < 1.29 is 24.6 Å². The molecule has 0 aliphatic carbocycles. The number of carboxylic acid groups (broad SMARTS) is 2. The Morgan fingerprint density at radius 2 is 1.76 bits per heavy atom. The van der Waals surface area contributed by atoms with Gasteiger partial charge in [-0.2, -0.15) is 0 Å². The van der Waals surface area contributed by atoms with E-state index in [1.54, 1.807) is 24.3 Å². The van der Waals surface area contributed by atoms with Gasteiger partial charge in [0.2, 0.25) is 5.91 Å². The Hall–Kier alpha value is -2.08. The van der Waals surface area contributed by atoms with Gasteiger partial charge in [-0.1, -0.05) is 23.7 Å². The normalized spacial score (nSPS) is 11.7. The average Bonchev–Trinajstić information content (AvgIpc) is 2.39. The Labute approximate surface area is 126 Å². The van der Waals surface area contributed by atoms with Crippen LogP contribution in [0.25, 0.3) is 0 Å². The molecule has 1 rings (SSSR count). The first-order valence-corrected chi connectivity index (χ1v) is 6.74. The summed E-state index contributed by atoms with van der Waals surface area (Å²) in [5.74, 6) is -2.60. The van der Waals surface area contributed by atoms with Gasteiger partial charge in [-0.3, -0.25) is 9.59 Å². The lowest BCUT2D eigenvalue weighted by molar-refractivity contribution is -0.142. The SMILES string of the molecule is O=C(O)CCC[C@@H](NC(=O)Cc1ccc(Cl)cc1)C(=O)O. The lowest BCUT2D eigenvalue weighted by Gasteiger charge is -2.14. The fraction of sp³-hybridized carbons (Fsp3) is 0.357. The van der Waals surface area contributed by atoms with Crippen molar-refractivity contribution in [1.29, 1.82) is 0 Å². The molecule has 1 amide bonds. The highest BCUT2D eigenvalue weighted by Crippen LogP contribution is 2.10. The summed E-state index contributed by atoms with van der Waals surface area (Å²) in [6, 6.07) is 5.57. The molecule has 0 heterocycles. The van der Waals surface area contributed by atoms with Gasteiger partial charge >= 0.3 is 11.9 Å². The van der Waals surface area contributed by atoms with Crippen LogP contribution in [0, 0.1) is 0 Å². The van der Waals surface area contributed by atoms with Crippen molar-refractivity contribution in [3.63, 3.8) is 0 Å². The summed E-state index contributed by atoms with van der Waals surface area (Å²) in [6.45, 7) is 0. The second-order valence-electron chi connectivity index (χ2n) is 4.55. The van der Waals surface area contributed by atoms with Gasteiger partial charge in [-0.05, 0) is 30.5 Å². The third-order valence-electron chi connectivity index (χ3n) is 2.79. The van der Waals surface area contributed by atoms with E-state index in [-0.39, 0.29) is 25.7 Å². The van der Waals surface area contributed by atoms with E-state index in [1.165, 1.54) is 0 Å². The maximum absolute atomic E-state index is 11.8. The summed E-state index contributed by atoms with van der Waals surface area (Å²) < 4.78 is 0. The van der Waals surface area contributed by atoms with Gasteiger partial charge in [-0.15, -0.1) is 0 Å². The van der Waals surface area contributed by atoms with Gasteiger partial charge in [0.05, 0.1) is 6.42 Å². The second kappa shape index (κ2) is 8.26. The monoisotopic (exact) mass is 313 g/mol. The van der Waals surface area contributed by atoms with E-state index in [1.807, 2.05) is 0 Å². The molecule has 1 atom stereocenters. The molecule has 0 radical (unpaired) electrons. The third kappa shape index (κ3) is 6.76. The number of amides is 1. The van der Waals surface area contributed by atoms with Crippen LogP contribution in [-0.4, -0.2) is 34.1 Å². The van der Waals surface area contributed by atoms with Gasteiger partial charge < -0.3 is 15.5 Å². The van der Waals surface area contributed by atoms with Gasteiger partial charge in [0.25, 0.3) is 0 Å². The molecule has 1 aromatic carbocycles. The quantitative estimate of drug-likeness (QED) is 0.678. The number of hydrogen-bond donors (Lipinski definition) is 3. The molecule has 0 bridgehead atoms. The van der Waals surface area contributed by atoms with Crippen LogP contribution in [0.3, 0.4) is 0 Å². The first-order valence-electron chi connectivity index (χ1n) is 6.37. The molecule has 0 spiro atoms. The van der Waals surface area contributed by atoms with Crippen LogP contribution in [0.2, 0.25) is 5.02 Å². The number of carbonyl (C=O) groups is 3. The minimum Gasteiger partial charge on any atom is -0.481 e. The summed E-state index contributed by atoms with van der Waals surface area (Å²) in [5.41, 5.74) is 0.714. The summed E-state index contributed by atoms with van der Waals surface area (Å²) in [7, 11) is 0. The third-order valence-corrected chi connectivity index (χ3v) is 3.05. The highest BCUT2D eigenvalue weighted by molar-refractivity contribution is 6.30. The molecule has 21 heavy (non-hydrogen) atoms. The second-order valence-corrected chi connectivity index (χ2v) is 4.98. The smallest absolute Gasteiger partial charge is 0.326 e. The fourth-order valence-corrected chi connectivity index (χ4v) is 1.87. The van der Waals surface area contributed by atoms with Crippen LogP contribution < -0.4 is 5.32 Å². The predicted octanol–water partition coefficient (Wildman–Crippen LogP) is 1.71. The number of halogens is 1. The number of aliphatic carboxylic acids is 2. The molecule has 0 aliphatic rings. The van der Waals surface area contributed by atoms with Crippen molar-refractivity contribution in [3.8, 4) is 0 Å². The van der Waals surface area contributed by atoms with E-state index < -0.39 is 23.9 Å². The number of hydrogen-bond acceptors (Lipinski definition) is 3. The van der Waals surface area contributed by atoms with Gasteiger partial charge in [0, 0.05) is 11.4 Å². The first kappa shape index (κ1) is 17.0. The molecule has 0 unspecified atom stereocenters. The molecular weight excluding hydrogens is 298 g/mol. The Morgan fingerprint density at radius 1 is 1.14 bits per heavy atom. The van der Waals surface area contributed by atoms with Gasteiger partial charge in [0.15, 0.2) is 0 Å². The summed E-state index contributed by atoms with van der Waals surface area (Å²) in [4.78, 5) is 33.2. The van der Waals surface area contributed by atoms with Crippen molar-refractivity contribution in [3.05, 3.63) is 34.9 Å². The van der Waals surface area contributed by atoms with Crippen molar-refractivity contribution in [1.82, 2.24) is 5.32 Å². The van der Waals surface area contributed by atoms with Crippen LogP contribution in [0.1, 0.15) is 24.8 Å². The molecule has 6 nitrogen and oxygen atoms in total. The summed E-state index contributed by atoms with van der Waals surface area (Å²) >= 11 is 5.73. The topological polar surface area (TPSA) is 104 Å². The minimum absolute atomic E-state index is 0.0415. The van der Waals surface area contributed by atoms with Crippen molar-refractivity contribution >= 4 is 29.4 Å². The van der Waals surface area contributed by atoms with Crippen molar-refractivity contribution in [2.45, 2.75) is 31.7 Å². The molecular formula is C14H16ClNO5. The van der Waals surface area contributed by atoms with E-state index in [0.29, 0.717) is 10.6 Å². The summed E-state index contributed by atoms with van der Waals surface area (Å²) in [6.07, 6.45) is 0.179. The molecule has 0 fully saturated rings. The first-order chi connectivity index (χ1) is 9.88. The summed E-state index contributed by atoms with van der Waals surface area (Å²) in [5, 5.41) is 20.5. The largest absolute Gasteiger partial charge is 0.481 e. The molecule has 114 valence electrons. The zero-order chi connectivity index (χ0) is 15.8. The highest BCUT2D eigenvalue weighted by Gasteiger charge is 2.19. The van der Waals surface area contributed by atoms with E-state index in [4.69, 9.17) is 21.8 Å². The molecule has 7 heteroatoms. The number of nitrogens with one attached hydrogen (secondary N) is 1. The Balaban J connectivity index is 2.50. The molecule has 0 aliphatic heterocycles. The fourth-order valence-electron chi connectivity index (χ4n) is 1.75. The molecule has 0 aromatic heterocycles. The highest BCUT2D eigenvalue weighted by atomic mass is 35.5. The van der Waals surface area contributed by atoms with E-state index >= 15 is 0 Å². The van der Waals surface area contributed by atoms with Crippen molar-refractivity contribution in [2.75, 3.05) is 0 Å². The van der Waals surface area contributed by atoms with Crippen molar-refractivity contribution in [2.24, 2.45) is 0 Å². The van der Waals surface area contributed by atoms with Crippen LogP contribution in [0.5, 0.6) is 0 Å². The standard InChI is InChI=1S/C14H16ClNO5/c15-10-6-4-9(5-7-10)8-12(17)16-11(14(20)21)2-1-3-13(18)19/h4-7,11H,1-3,8H2,(H,16,17)(H,18,19)(H,20,21)/t11-/m1/s1. The van der Waals surface area contributed by atoms with E-state index in [0.717, 1.165) is 0 Å². The Bertz CT molecular complexity index is 515. The van der Waals surface area contributed by atoms with Crippen LogP contribution in [0.15, 0.2) is 24.3 Å². The molecule has 1 aromatic rings. The van der Waals surface area contributed by atoms with E-state index in [9.17, 15) is 14.4 Å². The zero-order valence-electron chi connectivity index (χ0n) is 11.2. The Kier molecular flexibility index (Phi) is 6.68. The number of benzene rings is 1. The van der Waals surface area contributed by atoms with E-state index in [2.05, 4.69) is 5.32 Å². The Morgan fingerprint density at radius 3 is 2.29 bits per heavy atom. The van der Waals surface area contributed by atoms with Crippen LogP contribution >= 0.6 is 11.6 Å². The zero-order valence-corrected chi connectivity index (χ0v) is 12.0. The maximum Gasteiger partial charge on any atom is 0.326 e. The van der Waals surface area contributed by atoms with Crippen LogP contribution in [0.4, 0.5) is 0 Å². The average molecular weight is 314 g/mol. The number of rotatable bonds is 8. The predicted molar refractivity (Wildman–Crippen MR) is 76.2 cm³/mol. The number of carboxylic acids is 2. The number of carbonyl (C=O) groups excluding carboxylic acids is 1. The molecule has 0 saturated carbocycles. The van der Waals surface area contributed by atoms with Gasteiger partial charge in [-0.25, -0.2) is 4.79 Å².